The molecular formula is C25H15N6-. The predicted molar refractivity (Wildman–Crippen MR) is 122 cm³/mol. The second kappa shape index (κ2) is 12.4. The maximum Gasteiger partial charge on any atom is 0.158 e. The molecule has 0 fully saturated rings. The van der Waals surface area contributed by atoms with Crippen molar-refractivity contribution in [3.05, 3.63) is 108 Å². The first-order chi connectivity index (χ1) is 15.2. The third-order valence-corrected chi connectivity index (χ3v) is 3.71. The Morgan fingerprint density at radius 3 is 1.74 bits per heavy atom. The van der Waals surface area contributed by atoms with E-state index < -0.39 is 0 Å². The number of rotatable bonds is 7. The van der Waals surface area contributed by atoms with E-state index >= 15 is 0 Å². The number of aliphatic imine (C=N–C) groups is 2. The molecule has 2 rings (SSSR count). The van der Waals surface area contributed by atoms with Crippen LogP contribution in [0.3, 0.4) is 0 Å². The summed E-state index contributed by atoms with van der Waals surface area (Å²) in [6.07, 6.45) is 7.56. The van der Waals surface area contributed by atoms with Crippen LogP contribution in [0.5, 0.6) is 0 Å². The normalized spacial score (nSPS) is 12.1. The number of para-hydroxylation sites is 2. The van der Waals surface area contributed by atoms with Crippen LogP contribution in [0.4, 0.5) is 11.4 Å². The van der Waals surface area contributed by atoms with Crippen molar-refractivity contribution in [2.45, 2.75) is 0 Å². The van der Waals surface area contributed by atoms with Crippen LogP contribution in [-0.4, -0.2) is 17.3 Å². The average molecular weight is 399 g/mol. The molecule has 0 aliphatic carbocycles. The molecule has 0 saturated carbocycles. The molecule has 0 atom stereocenters. The lowest BCUT2D eigenvalue weighted by molar-refractivity contribution is 1.46. The molecule has 0 unspecified atom stereocenters. The van der Waals surface area contributed by atoms with E-state index in [1.54, 1.807) is 66.8 Å². The van der Waals surface area contributed by atoms with E-state index in [0.29, 0.717) is 11.4 Å². The van der Waals surface area contributed by atoms with Gasteiger partial charge in [-0.05, 0) is 36.4 Å². The summed E-state index contributed by atoms with van der Waals surface area (Å²) in [4.78, 5) is 8.35. The van der Waals surface area contributed by atoms with Gasteiger partial charge in [-0.15, -0.1) is 0 Å². The van der Waals surface area contributed by atoms with Gasteiger partial charge >= 0.3 is 0 Å². The number of hydrogen-bond donors (Lipinski definition) is 0. The minimum Gasteiger partial charge on any atom is -0.763 e. The van der Waals surface area contributed by atoms with Crippen LogP contribution in [0.25, 0.3) is 5.41 Å². The van der Waals surface area contributed by atoms with Crippen molar-refractivity contribution in [3.63, 3.8) is 0 Å². The van der Waals surface area contributed by atoms with Gasteiger partial charge in [0.1, 0.15) is 18.2 Å². The van der Waals surface area contributed by atoms with Crippen molar-refractivity contribution < 1.29 is 0 Å². The molecular weight excluding hydrogens is 384 g/mol. The monoisotopic (exact) mass is 399 g/mol. The van der Waals surface area contributed by atoms with Crippen molar-refractivity contribution in [2.24, 2.45) is 9.98 Å². The van der Waals surface area contributed by atoms with Crippen molar-refractivity contribution in [3.8, 4) is 18.2 Å². The van der Waals surface area contributed by atoms with Gasteiger partial charge in [-0.3, -0.25) is 5.87 Å². The Morgan fingerprint density at radius 1 is 0.710 bits per heavy atom. The number of benzene rings is 2. The van der Waals surface area contributed by atoms with E-state index in [4.69, 9.17) is 0 Å². The van der Waals surface area contributed by atoms with E-state index in [9.17, 15) is 21.2 Å². The van der Waals surface area contributed by atoms with Gasteiger partial charge in [-0.25, -0.2) is 9.98 Å². The Balaban J connectivity index is 2.18. The topological polar surface area (TPSA) is 118 Å². The maximum absolute atomic E-state index is 9.33. The van der Waals surface area contributed by atoms with Gasteiger partial charge in [0.15, 0.2) is 11.4 Å². The standard InChI is InChI=1S/C25H15N6/c26-16-20(24(18-28)30-22-12-6-2-7-13-22)10-4-1-5-11-21(17-27)25(19-29)31-23-14-8-3-9-15-23/h1-15H/q-1/b4-1?,11-5?,20-10+,30-24?,31-25?. The first kappa shape index (κ1) is 22.2. The molecule has 0 aliphatic heterocycles. The molecule has 6 heteroatoms. The SMILES string of the molecule is N#CC(=Nc1ccccc1)C(=C=[N-])C=CC=C/C=C(\C#N)C(C#N)=Nc1ccccc1. The molecule has 0 bridgehead atoms. The minimum atomic E-state index is -0.00614. The summed E-state index contributed by atoms with van der Waals surface area (Å²) >= 11 is 0. The Bertz CT molecular complexity index is 1240. The summed E-state index contributed by atoms with van der Waals surface area (Å²) < 4.78 is 0. The second-order valence-electron chi connectivity index (χ2n) is 5.78. The largest absolute Gasteiger partial charge is 0.763 e. The van der Waals surface area contributed by atoms with Crippen molar-refractivity contribution in [1.82, 2.24) is 0 Å². The summed E-state index contributed by atoms with van der Waals surface area (Å²) in [6, 6.07) is 23.5. The highest BCUT2D eigenvalue weighted by atomic mass is 14.8. The van der Waals surface area contributed by atoms with E-state index in [1.165, 1.54) is 12.2 Å². The molecule has 2 aromatic carbocycles. The molecule has 0 aliphatic rings. The van der Waals surface area contributed by atoms with Gasteiger partial charge in [-0.1, -0.05) is 54.6 Å². The van der Waals surface area contributed by atoms with E-state index in [1.807, 2.05) is 36.2 Å². The Labute approximate surface area is 180 Å². The Hall–Kier alpha value is -5.08. The predicted octanol–water partition coefficient (Wildman–Crippen LogP) is 5.31. The molecule has 146 valence electrons. The summed E-state index contributed by atoms with van der Waals surface area (Å²) in [5.74, 6) is 1.95. The van der Waals surface area contributed by atoms with Crippen LogP contribution >= 0.6 is 0 Å². The van der Waals surface area contributed by atoms with Crippen molar-refractivity contribution in [2.75, 3.05) is 0 Å². The van der Waals surface area contributed by atoms with E-state index in [2.05, 4.69) is 9.98 Å². The molecule has 0 amide bonds. The zero-order chi connectivity index (χ0) is 22.3. The quantitative estimate of drug-likeness (QED) is 0.356. The highest BCUT2D eigenvalue weighted by Crippen LogP contribution is 2.13. The third-order valence-electron chi connectivity index (χ3n) is 3.71. The van der Waals surface area contributed by atoms with Gasteiger partial charge < -0.3 is 5.41 Å². The number of nitrogens with zero attached hydrogens (tertiary/aromatic N) is 6. The summed E-state index contributed by atoms with van der Waals surface area (Å²) in [5.41, 5.74) is 1.33. The molecule has 0 heterocycles. The third kappa shape index (κ3) is 7.11. The van der Waals surface area contributed by atoms with Crippen LogP contribution in [0, 0.1) is 34.0 Å². The summed E-state index contributed by atoms with van der Waals surface area (Å²) in [5, 5.41) is 37.3. The molecule has 2 aromatic rings. The fourth-order valence-corrected chi connectivity index (χ4v) is 2.26. The number of hydrogen-bond acceptors (Lipinski definition) is 5. The molecule has 6 nitrogen and oxygen atoms in total. The van der Waals surface area contributed by atoms with Crippen molar-refractivity contribution in [1.29, 1.82) is 15.8 Å². The lowest BCUT2D eigenvalue weighted by Crippen LogP contribution is -1.97. The molecule has 0 spiro atoms. The Morgan fingerprint density at radius 2 is 1.26 bits per heavy atom. The van der Waals surface area contributed by atoms with Crippen LogP contribution < -0.4 is 0 Å². The Kier molecular flexibility index (Phi) is 8.88. The van der Waals surface area contributed by atoms with Gasteiger partial charge in [0.05, 0.1) is 16.9 Å². The zero-order valence-corrected chi connectivity index (χ0v) is 16.3. The number of allylic oxidation sites excluding steroid dienone is 7. The maximum atomic E-state index is 9.33. The highest BCUT2D eigenvalue weighted by molar-refractivity contribution is 6.19. The van der Waals surface area contributed by atoms with Crippen molar-refractivity contribution >= 4 is 28.7 Å². The lowest BCUT2D eigenvalue weighted by Gasteiger charge is -1.98. The molecule has 0 aromatic heterocycles. The fourth-order valence-electron chi connectivity index (χ4n) is 2.26. The van der Waals surface area contributed by atoms with Gasteiger partial charge in [-0.2, -0.15) is 15.8 Å². The molecule has 0 radical (unpaired) electrons. The van der Waals surface area contributed by atoms with Crippen LogP contribution in [0.15, 0.2) is 112 Å². The molecule has 0 N–H and O–H groups in total. The summed E-state index contributed by atoms with van der Waals surface area (Å²) in [6.45, 7) is 0. The smallest absolute Gasteiger partial charge is 0.158 e. The van der Waals surface area contributed by atoms with Gasteiger partial charge in [0, 0.05) is 5.57 Å². The molecule has 31 heavy (non-hydrogen) atoms. The molecule has 0 saturated heterocycles. The van der Waals surface area contributed by atoms with E-state index in [0.717, 1.165) is 0 Å². The zero-order valence-electron chi connectivity index (χ0n) is 16.3. The first-order valence-electron chi connectivity index (χ1n) is 9.02. The van der Waals surface area contributed by atoms with Gasteiger partial charge in [0.25, 0.3) is 0 Å². The second-order valence-corrected chi connectivity index (χ2v) is 5.78. The minimum absolute atomic E-state index is 0.00614. The average Bonchev–Trinajstić information content (AvgIpc) is 2.82. The van der Waals surface area contributed by atoms with E-state index in [-0.39, 0.29) is 22.6 Å². The fraction of sp³-hybridized carbons (Fsp3) is 0. The lowest BCUT2D eigenvalue weighted by atomic mass is 10.1. The highest BCUT2D eigenvalue weighted by Gasteiger charge is 2.05. The van der Waals surface area contributed by atoms with Gasteiger partial charge in [0.2, 0.25) is 0 Å². The first-order valence-corrected chi connectivity index (χ1v) is 9.02. The van der Waals surface area contributed by atoms with Crippen LogP contribution in [0.2, 0.25) is 0 Å². The number of nitriles is 3. The van der Waals surface area contributed by atoms with Crippen LogP contribution in [0.1, 0.15) is 0 Å². The van der Waals surface area contributed by atoms with Crippen LogP contribution in [-0.2, 0) is 0 Å². The summed E-state index contributed by atoms with van der Waals surface area (Å²) in [7, 11) is 0.